The third-order valence-corrected chi connectivity index (χ3v) is 5.12. The van der Waals surface area contributed by atoms with Crippen LogP contribution < -0.4 is 0 Å². The Morgan fingerprint density at radius 1 is 1.27 bits per heavy atom. The van der Waals surface area contributed by atoms with E-state index < -0.39 is 11.6 Å². The van der Waals surface area contributed by atoms with E-state index in [2.05, 4.69) is 5.10 Å². The third-order valence-electron chi connectivity index (χ3n) is 5.12. The van der Waals surface area contributed by atoms with Crippen LogP contribution in [0.15, 0.2) is 23.3 Å². The first-order valence-corrected chi connectivity index (χ1v) is 9.02. The zero-order chi connectivity index (χ0) is 18.7. The minimum Gasteiger partial charge on any atom is -0.337 e. The molecule has 1 saturated heterocycles. The van der Waals surface area contributed by atoms with Crippen LogP contribution in [0, 0.1) is 17.6 Å². The van der Waals surface area contributed by atoms with Crippen molar-refractivity contribution in [2.45, 2.75) is 38.5 Å². The molecule has 2 heterocycles. The number of hydrogen-bond acceptors (Lipinski definition) is 3. The van der Waals surface area contributed by atoms with E-state index in [0.29, 0.717) is 44.5 Å². The van der Waals surface area contributed by atoms with Gasteiger partial charge in [0.15, 0.2) is 0 Å². The van der Waals surface area contributed by atoms with Crippen LogP contribution in [0.3, 0.4) is 0 Å². The van der Waals surface area contributed by atoms with Crippen LogP contribution in [0.25, 0.3) is 0 Å². The Hall–Kier alpha value is -2.31. The van der Waals surface area contributed by atoms with Gasteiger partial charge in [-0.25, -0.2) is 13.8 Å². The van der Waals surface area contributed by atoms with Gasteiger partial charge in [-0.2, -0.15) is 5.10 Å². The molecule has 2 aliphatic heterocycles. The lowest BCUT2D eigenvalue weighted by molar-refractivity contribution is -0.131. The van der Waals surface area contributed by atoms with Gasteiger partial charge in [-0.05, 0) is 43.7 Å². The molecule has 1 atom stereocenters. The fraction of sp³-hybridized carbons (Fsp3) is 0.526. The van der Waals surface area contributed by atoms with Gasteiger partial charge < -0.3 is 4.90 Å². The molecule has 1 unspecified atom stereocenters. The van der Waals surface area contributed by atoms with Gasteiger partial charge in [0.2, 0.25) is 5.91 Å². The summed E-state index contributed by atoms with van der Waals surface area (Å²) in [4.78, 5) is 25.9. The van der Waals surface area contributed by atoms with E-state index >= 15 is 0 Å². The van der Waals surface area contributed by atoms with Gasteiger partial charge in [-0.15, -0.1) is 0 Å². The van der Waals surface area contributed by atoms with Crippen molar-refractivity contribution in [3.63, 3.8) is 0 Å². The molecule has 5 nitrogen and oxygen atoms in total. The van der Waals surface area contributed by atoms with Crippen molar-refractivity contribution in [1.82, 2.24) is 9.91 Å². The predicted octanol–water partition coefficient (Wildman–Crippen LogP) is 2.74. The number of carbonyl (C=O) groups excluding carboxylic acids is 2. The molecule has 0 bridgehead atoms. The van der Waals surface area contributed by atoms with E-state index in [1.54, 1.807) is 11.9 Å². The summed E-state index contributed by atoms with van der Waals surface area (Å²) in [5.41, 5.74) is 0.528. The van der Waals surface area contributed by atoms with Crippen LogP contribution in [-0.2, 0) is 16.0 Å². The molecule has 1 aromatic rings. The summed E-state index contributed by atoms with van der Waals surface area (Å²) >= 11 is 0. The van der Waals surface area contributed by atoms with Crippen LogP contribution in [0.4, 0.5) is 8.78 Å². The Labute approximate surface area is 151 Å². The summed E-state index contributed by atoms with van der Waals surface area (Å²) in [6, 6.07) is 3.91. The lowest BCUT2D eigenvalue weighted by Gasteiger charge is -2.34. The maximum absolute atomic E-state index is 13.8. The number of benzene rings is 1. The van der Waals surface area contributed by atoms with Crippen LogP contribution >= 0.6 is 0 Å². The SMILES string of the molecule is CN1N=C(C(=O)N2CCCC(CCc3c(F)cccc3F)C2)CCC1=O. The summed E-state index contributed by atoms with van der Waals surface area (Å²) in [5.74, 6) is -1.05. The molecule has 7 heteroatoms. The molecule has 26 heavy (non-hydrogen) atoms. The Morgan fingerprint density at radius 2 is 2.00 bits per heavy atom. The highest BCUT2D eigenvalue weighted by Crippen LogP contribution is 2.24. The van der Waals surface area contributed by atoms with Crippen molar-refractivity contribution < 1.29 is 18.4 Å². The van der Waals surface area contributed by atoms with Crippen molar-refractivity contribution in [2.75, 3.05) is 20.1 Å². The predicted molar refractivity (Wildman–Crippen MR) is 93.4 cm³/mol. The van der Waals surface area contributed by atoms with E-state index in [0.717, 1.165) is 12.8 Å². The standard InChI is InChI=1S/C19H23F2N3O2/c1-23-18(25)10-9-17(22-23)19(26)24-11-3-4-13(12-24)7-8-14-15(20)5-2-6-16(14)21/h2,5-6,13H,3-4,7-12H2,1H3. The number of carbonyl (C=O) groups is 2. The van der Waals surface area contributed by atoms with Crippen LogP contribution in [0.5, 0.6) is 0 Å². The van der Waals surface area contributed by atoms with Crippen molar-refractivity contribution in [3.8, 4) is 0 Å². The molecule has 0 saturated carbocycles. The number of nitrogens with zero attached hydrogens (tertiary/aromatic N) is 3. The normalized spacial score (nSPS) is 21.0. The van der Waals surface area contributed by atoms with Gasteiger partial charge >= 0.3 is 0 Å². The van der Waals surface area contributed by atoms with Crippen molar-refractivity contribution >= 4 is 17.5 Å². The molecule has 0 aromatic heterocycles. The number of hydrazone groups is 1. The van der Waals surface area contributed by atoms with Gasteiger partial charge in [0.1, 0.15) is 17.3 Å². The Bertz CT molecular complexity index is 715. The first-order chi connectivity index (χ1) is 12.5. The molecule has 140 valence electrons. The number of piperidine rings is 1. The Balaban J connectivity index is 1.60. The number of likely N-dealkylation sites (tertiary alicyclic amines) is 1. The zero-order valence-electron chi connectivity index (χ0n) is 14.9. The minimum atomic E-state index is -0.516. The second-order valence-corrected chi connectivity index (χ2v) is 6.96. The average Bonchev–Trinajstić information content (AvgIpc) is 2.63. The van der Waals surface area contributed by atoms with Crippen LogP contribution in [0.2, 0.25) is 0 Å². The molecule has 0 N–H and O–H groups in total. The molecule has 3 rings (SSSR count). The van der Waals surface area contributed by atoms with Crippen molar-refractivity contribution in [3.05, 3.63) is 35.4 Å². The van der Waals surface area contributed by atoms with E-state index in [1.165, 1.54) is 23.2 Å². The van der Waals surface area contributed by atoms with Crippen molar-refractivity contribution in [2.24, 2.45) is 11.0 Å². The first-order valence-electron chi connectivity index (χ1n) is 9.02. The van der Waals surface area contributed by atoms with Gasteiger partial charge in [0, 0.05) is 38.5 Å². The maximum atomic E-state index is 13.8. The third kappa shape index (κ3) is 4.08. The first kappa shape index (κ1) is 18.5. The van der Waals surface area contributed by atoms with Crippen LogP contribution in [0.1, 0.15) is 37.7 Å². The molecule has 0 spiro atoms. The second kappa shape index (κ2) is 7.93. The fourth-order valence-corrected chi connectivity index (χ4v) is 3.61. The summed E-state index contributed by atoms with van der Waals surface area (Å²) in [5, 5.41) is 5.31. The molecular formula is C19H23F2N3O2. The van der Waals surface area contributed by atoms with Gasteiger partial charge in [-0.1, -0.05) is 6.07 Å². The Morgan fingerprint density at radius 3 is 2.69 bits per heavy atom. The van der Waals surface area contributed by atoms with Crippen LogP contribution in [-0.4, -0.2) is 47.6 Å². The van der Waals surface area contributed by atoms with Crippen molar-refractivity contribution in [1.29, 1.82) is 0 Å². The summed E-state index contributed by atoms with van der Waals surface area (Å²) in [6.07, 6.45) is 3.41. The molecule has 0 radical (unpaired) electrons. The summed E-state index contributed by atoms with van der Waals surface area (Å²) in [7, 11) is 1.55. The molecule has 2 amide bonds. The van der Waals surface area contributed by atoms with E-state index in [1.807, 2.05) is 0 Å². The lowest BCUT2D eigenvalue weighted by Crippen LogP contribution is -2.45. The van der Waals surface area contributed by atoms with Gasteiger partial charge in [0.25, 0.3) is 5.91 Å². The smallest absolute Gasteiger partial charge is 0.270 e. The van der Waals surface area contributed by atoms with Gasteiger partial charge in [-0.3, -0.25) is 9.59 Å². The van der Waals surface area contributed by atoms with Gasteiger partial charge in [0.05, 0.1) is 0 Å². The van der Waals surface area contributed by atoms with E-state index in [-0.39, 0.29) is 23.3 Å². The monoisotopic (exact) mass is 363 g/mol. The molecule has 0 aliphatic carbocycles. The number of amides is 2. The van der Waals surface area contributed by atoms with E-state index in [4.69, 9.17) is 0 Å². The quantitative estimate of drug-likeness (QED) is 0.826. The topological polar surface area (TPSA) is 53.0 Å². The zero-order valence-corrected chi connectivity index (χ0v) is 14.9. The maximum Gasteiger partial charge on any atom is 0.270 e. The highest BCUT2D eigenvalue weighted by molar-refractivity contribution is 6.39. The molecular weight excluding hydrogens is 340 g/mol. The Kier molecular flexibility index (Phi) is 5.64. The fourth-order valence-electron chi connectivity index (χ4n) is 3.61. The highest BCUT2D eigenvalue weighted by atomic mass is 19.1. The van der Waals surface area contributed by atoms with E-state index in [9.17, 15) is 18.4 Å². The molecule has 1 aromatic carbocycles. The number of halogens is 2. The summed E-state index contributed by atoms with van der Waals surface area (Å²) in [6.45, 7) is 1.21. The lowest BCUT2D eigenvalue weighted by atomic mass is 9.91. The summed E-state index contributed by atoms with van der Waals surface area (Å²) < 4.78 is 27.5. The number of rotatable bonds is 4. The average molecular weight is 363 g/mol. The molecule has 1 fully saturated rings. The number of hydrogen-bond donors (Lipinski definition) is 0. The largest absolute Gasteiger partial charge is 0.337 e. The highest BCUT2D eigenvalue weighted by Gasteiger charge is 2.29. The molecule has 2 aliphatic rings. The minimum absolute atomic E-state index is 0.0926. The second-order valence-electron chi connectivity index (χ2n) is 6.96.